The van der Waals surface area contributed by atoms with E-state index in [0.29, 0.717) is 6.61 Å². The number of aliphatic hydroxyl groups excluding tert-OH is 1. The number of β-amino-alcohol motifs (C(OH)–C–C–N with tert-alkyl or cyclic N) is 1. The second kappa shape index (κ2) is 5.82. The number of hydrogen-bond donors (Lipinski definition) is 1. The highest BCUT2D eigenvalue weighted by atomic mass is 16.3. The van der Waals surface area contributed by atoms with Gasteiger partial charge in [-0.15, -0.1) is 0 Å². The Morgan fingerprint density at radius 3 is 1.71 bits per heavy atom. The highest BCUT2D eigenvalue weighted by Gasteiger charge is 2.50. The van der Waals surface area contributed by atoms with Crippen LogP contribution in [-0.2, 0) is 0 Å². The van der Waals surface area contributed by atoms with E-state index in [1.54, 1.807) is 38.5 Å². The van der Waals surface area contributed by atoms with Gasteiger partial charge in [0.05, 0.1) is 6.61 Å². The molecule has 0 atom stereocenters. The Labute approximate surface area is 129 Å². The molecule has 5 aliphatic rings. The van der Waals surface area contributed by atoms with Crippen molar-refractivity contribution in [1.29, 1.82) is 0 Å². The summed E-state index contributed by atoms with van der Waals surface area (Å²) in [4.78, 5) is 5.09. The molecular weight excluding hydrogens is 260 g/mol. The zero-order chi connectivity index (χ0) is 14.3. The van der Waals surface area contributed by atoms with Gasteiger partial charge in [-0.2, -0.15) is 0 Å². The highest BCUT2D eigenvalue weighted by Crippen LogP contribution is 2.61. The van der Waals surface area contributed by atoms with E-state index in [4.69, 9.17) is 5.11 Å². The van der Waals surface area contributed by atoms with Crippen LogP contribution in [0, 0.1) is 23.2 Å². The molecule has 3 nitrogen and oxygen atoms in total. The van der Waals surface area contributed by atoms with Crippen LogP contribution in [0.25, 0.3) is 0 Å². The van der Waals surface area contributed by atoms with Crippen molar-refractivity contribution in [2.45, 2.75) is 44.9 Å². The molecule has 1 aliphatic heterocycles. The minimum Gasteiger partial charge on any atom is -0.395 e. The number of aliphatic hydroxyl groups is 1. The Balaban J connectivity index is 1.28. The molecule has 1 N–H and O–H groups in total. The maximum Gasteiger partial charge on any atom is 0.0558 e. The number of piperazine rings is 1. The molecule has 0 unspecified atom stereocenters. The minimum absolute atomic E-state index is 0.313. The standard InChI is InChI=1S/C18H32N2O/c21-8-7-20-5-3-19(4-6-20)2-1-18-12-15-9-16(13-18)11-17(10-15)14-18/h15-17,21H,1-14H2. The Kier molecular flexibility index (Phi) is 4.01. The van der Waals surface area contributed by atoms with Gasteiger partial charge in [0, 0.05) is 32.7 Å². The van der Waals surface area contributed by atoms with Crippen molar-refractivity contribution in [3.05, 3.63) is 0 Å². The molecule has 4 bridgehead atoms. The summed E-state index contributed by atoms with van der Waals surface area (Å²) < 4.78 is 0. The first-order chi connectivity index (χ1) is 10.2. The lowest BCUT2D eigenvalue weighted by Gasteiger charge is -2.57. The van der Waals surface area contributed by atoms with Gasteiger partial charge in [-0.1, -0.05) is 0 Å². The molecule has 5 fully saturated rings. The van der Waals surface area contributed by atoms with Gasteiger partial charge in [-0.05, 0) is 74.7 Å². The lowest BCUT2D eigenvalue weighted by atomic mass is 9.49. The fourth-order valence-electron chi connectivity index (χ4n) is 6.37. The second-order valence-corrected chi connectivity index (χ2v) is 8.57. The van der Waals surface area contributed by atoms with Gasteiger partial charge in [-0.25, -0.2) is 0 Å². The van der Waals surface area contributed by atoms with E-state index in [2.05, 4.69) is 9.80 Å². The van der Waals surface area contributed by atoms with Gasteiger partial charge in [0.25, 0.3) is 0 Å². The number of nitrogens with zero attached hydrogens (tertiary/aromatic N) is 2. The summed E-state index contributed by atoms with van der Waals surface area (Å²) in [5.74, 6) is 3.29. The smallest absolute Gasteiger partial charge is 0.0558 e. The summed E-state index contributed by atoms with van der Waals surface area (Å²) >= 11 is 0. The maximum absolute atomic E-state index is 9.03. The molecule has 0 aromatic heterocycles. The van der Waals surface area contributed by atoms with Gasteiger partial charge in [-0.3, -0.25) is 4.90 Å². The highest BCUT2D eigenvalue weighted by molar-refractivity contribution is 5.01. The molecule has 0 radical (unpaired) electrons. The van der Waals surface area contributed by atoms with Crippen LogP contribution in [0.5, 0.6) is 0 Å². The van der Waals surface area contributed by atoms with Gasteiger partial charge >= 0.3 is 0 Å². The van der Waals surface area contributed by atoms with Crippen molar-refractivity contribution >= 4 is 0 Å². The van der Waals surface area contributed by atoms with Crippen LogP contribution < -0.4 is 0 Å². The number of rotatable bonds is 5. The monoisotopic (exact) mass is 292 g/mol. The zero-order valence-electron chi connectivity index (χ0n) is 13.5. The molecule has 120 valence electrons. The molecule has 0 spiro atoms. The summed E-state index contributed by atoms with van der Waals surface area (Å²) in [5.41, 5.74) is 0.747. The van der Waals surface area contributed by atoms with E-state index in [0.717, 1.165) is 42.8 Å². The van der Waals surface area contributed by atoms with Crippen LogP contribution in [-0.4, -0.2) is 60.8 Å². The first kappa shape index (κ1) is 14.5. The minimum atomic E-state index is 0.313. The summed E-state index contributed by atoms with van der Waals surface area (Å²) in [6.07, 6.45) is 10.9. The molecule has 3 heteroatoms. The van der Waals surface area contributed by atoms with Crippen LogP contribution in [0.4, 0.5) is 0 Å². The third kappa shape index (κ3) is 3.02. The van der Waals surface area contributed by atoms with Crippen LogP contribution in [0.3, 0.4) is 0 Å². The van der Waals surface area contributed by atoms with Gasteiger partial charge in [0.15, 0.2) is 0 Å². The molecule has 0 amide bonds. The van der Waals surface area contributed by atoms with Crippen molar-refractivity contribution in [1.82, 2.24) is 9.80 Å². The fraction of sp³-hybridized carbons (Fsp3) is 1.00. The summed E-state index contributed by atoms with van der Waals surface area (Å²) in [6, 6.07) is 0. The normalized spacial score (nSPS) is 43.6. The average molecular weight is 292 g/mol. The summed E-state index contributed by atoms with van der Waals surface area (Å²) in [7, 11) is 0. The third-order valence-electron chi connectivity index (χ3n) is 7.00. The SMILES string of the molecule is OCCN1CCN(CCC23CC4CC(CC(C4)C2)C3)CC1. The first-order valence-corrected chi connectivity index (χ1v) is 9.30. The largest absolute Gasteiger partial charge is 0.395 e. The Bertz CT molecular complexity index is 327. The van der Waals surface area contributed by atoms with Crippen molar-refractivity contribution in [2.24, 2.45) is 23.2 Å². The van der Waals surface area contributed by atoms with Crippen molar-refractivity contribution < 1.29 is 5.11 Å². The Hall–Kier alpha value is -0.120. The zero-order valence-corrected chi connectivity index (χ0v) is 13.5. The fourth-order valence-corrected chi connectivity index (χ4v) is 6.37. The molecule has 1 saturated heterocycles. The van der Waals surface area contributed by atoms with E-state index < -0.39 is 0 Å². The Morgan fingerprint density at radius 1 is 0.762 bits per heavy atom. The lowest BCUT2D eigenvalue weighted by Crippen LogP contribution is -2.50. The Morgan fingerprint density at radius 2 is 1.24 bits per heavy atom. The van der Waals surface area contributed by atoms with Crippen molar-refractivity contribution in [3.63, 3.8) is 0 Å². The molecule has 0 aromatic carbocycles. The van der Waals surface area contributed by atoms with Crippen LogP contribution >= 0.6 is 0 Å². The molecule has 0 aromatic rings. The average Bonchev–Trinajstić information content (AvgIpc) is 2.46. The third-order valence-corrected chi connectivity index (χ3v) is 7.00. The molecular formula is C18H32N2O. The van der Waals surface area contributed by atoms with E-state index in [-0.39, 0.29) is 0 Å². The van der Waals surface area contributed by atoms with Gasteiger partial charge in [0.1, 0.15) is 0 Å². The second-order valence-electron chi connectivity index (χ2n) is 8.57. The van der Waals surface area contributed by atoms with Crippen LogP contribution in [0.1, 0.15) is 44.9 Å². The van der Waals surface area contributed by atoms with Crippen molar-refractivity contribution in [2.75, 3.05) is 45.9 Å². The molecule has 21 heavy (non-hydrogen) atoms. The first-order valence-electron chi connectivity index (χ1n) is 9.30. The van der Waals surface area contributed by atoms with Crippen molar-refractivity contribution in [3.8, 4) is 0 Å². The van der Waals surface area contributed by atoms with Crippen LogP contribution in [0.2, 0.25) is 0 Å². The van der Waals surface area contributed by atoms with Gasteiger partial charge in [0.2, 0.25) is 0 Å². The topological polar surface area (TPSA) is 26.7 Å². The predicted octanol–water partition coefficient (Wildman–Crippen LogP) is 2.20. The van der Waals surface area contributed by atoms with E-state index >= 15 is 0 Å². The van der Waals surface area contributed by atoms with E-state index in [9.17, 15) is 0 Å². The predicted molar refractivity (Wildman–Crippen MR) is 85.2 cm³/mol. The maximum atomic E-state index is 9.03. The quantitative estimate of drug-likeness (QED) is 0.841. The number of hydrogen-bond acceptors (Lipinski definition) is 3. The van der Waals surface area contributed by atoms with E-state index in [1.807, 2.05) is 0 Å². The van der Waals surface area contributed by atoms with Crippen LogP contribution in [0.15, 0.2) is 0 Å². The molecule has 1 heterocycles. The molecule has 4 saturated carbocycles. The lowest BCUT2D eigenvalue weighted by molar-refractivity contribution is -0.0623. The van der Waals surface area contributed by atoms with Gasteiger partial charge < -0.3 is 10.0 Å². The summed E-state index contributed by atoms with van der Waals surface area (Å²) in [5, 5.41) is 9.03. The molecule has 5 rings (SSSR count). The van der Waals surface area contributed by atoms with E-state index in [1.165, 1.54) is 26.1 Å². The molecule has 4 aliphatic carbocycles. The summed E-state index contributed by atoms with van der Waals surface area (Å²) in [6.45, 7) is 7.25.